The molecule has 0 atom stereocenters. The Labute approximate surface area is 160 Å². The molecule has 2 heterocycles. The molecule has 4 aromatic rings. The minimum atomic E-state index is 0.554. The molecule has 2 aromatic heterocycles. The lowest BCUT2D eigenvalue weighted by molar-refractivity contribution is 0.573. The number of halogens is 2. The number of hydrogen-bond acceptors (Lipinski definition) is 4. The summed E-state index contributed by atoms with van der Waals surface area (Å²) >= 11 is 6.90. The first-order chi connectivity index (χ1) is 12.2. The third-order valence-electron chi connectivity index (χ3n) is 3.60. The van der Waals surface area contributed by atoms with Crippen LogP contribution in [0.3, 0.4) is 0 Å². The van der Waals surface area contributed by atoms with Crippen LogP contribution >= 0.6 is 31.9 Å². The summed E-state index contributed by atoms with van der Waals surface area (Å²) in [5.74, 6) is 0.554. The van der Waals surface area contributed by atoms with E-state index >= 15 is 0 Å². The van der Waals surface area contributed by atoms with Gasteiger partial charge in [-0.1, -0.05) is 50.1 Å². The van der Waals surface area contributed by atoms with Crippen LogP contribution < -0.4 is 0 Å². The van der Waals surface area contributed by atoms with Crippen LogP contribution in [0.2, 0.25) is 0 Å². The highest BCUT2D eigenvalue weighted by molar-refractivity contribution is 9.10. The van der Waals surface area contributed by atoms with Crippen molar-refractivity contribution in [3.8, 4) is 17.1 Å². The molecule has 0 fully saturated rings. The van der Waals surface area contributed by atoms with Gasteiger partial charge in [-0.05, 0) is 41.1 Å². The van der Waals surface area contributed by atoms with E-state index in [-0.39, 0.29) is 0 Å². The van der Waals surface area contributed by atoms with Gasteiger partial charge >= 0.3 is 0 Å². The predicted octanol–water partition coefficient (Wildman–Crippen LogP) is 4.10. The van der Waals surface area contributed by atoms with Gasteiger partial charge in [0, 0.05) is 15.1 Å². The van der Waals surface area contributed by atoms with E-state index in [9.17, 15) is 0 Å². The highest BCUT2D eigenvalue weighted by Gasteiger charge is 2.10. The lowest BCUT2D eigenvalue weighted by Gasteiger charge is -2.00. The van der Waals surface area contributed by atoms with E-state index in [1.165, 1.54) is 0 Å². The van der Waals surface area contributed by atoms with Crippen molar-refractivity contribution in [2.24, 2.45) is 0 Å². The molecule has 0 radical (unpaired) electrons. The number of benzene rings is 2. The second kappa shape index (κ2) is 6.89. The average molecular weight is 460 g/mol. The molecule has 124 valence electrons. The minimum Gasteiger partial charge on any atom is -0.240 e. The predicted molar refractivity (Wildman–Crippen MR) is 101 cm³/mol. The third kappa shape index (κ3) is 3.69. The first-order valence-corrected chi connectivity index (χ1v) is 9.09. The Morgan fingerprint density at radius 3 is 2.60 bits per heavy atom. The van der Waals surface area contributed by atoms with Crippen LogP contribution in [-0.2, 0) is 6.54 Å². The van der Waals surface area contributed by atoms with Crippen molar-refractivity contribution in [2.45, 2.75) is 6.54 Å². The van der Waals surface area contributed by atoms with Gasteiger partial charge in [-0.2, -0.15) is 9.90 Å². The Morgan fingerprint density at radius 1 is 0.960 bits per heavy atom. The van der Waals surface area contributed by atoms with E-state index in [1.54, 1.807) is 15.7 Å². The van der Waals surface area contributed by atoms with E-state index in [1.807, 2.05) is 54.7 Å². The molecule has 0 aliphatic carbocycles. The summed E-state index contributed by atoms with van der Waals surface area (Å²) in [5, 5.41) is 17.1. The maximum Gasteiger partial charge on any atom is 0.208 e. The van der Waals surface area contributed by atoms with Crippen LogP contribution in [0.5, 0.6) is 0 Å². The van der Waals surface area contributed by atoms with Crippen LogP contribution in [0.1, 0.15) is 5.56 Å². The first kappa shape index (κ1) is 16.2. The summed E-state index contributed by atoms with van der Waals surface area (Å²) in [5.41, 5.74) is 2.89. The number of tetrazole rings is 1. The molecule has 0 saturated heterocycles. The highest BCUT2D eigenvalue weighted by Crippen LogP contribution is 2.18. The molecule has 0 aliphatic rings. The summed E-state index contributed by atoms with van der Waals surface area (Å²) < 4.78 is 3.83. The van der Waals surface area contributed by atoms with Crippen molar-refractivity contribution >= 4 is 31.9 Å². The van der Waals surface area contributed by atoms with E-state index < -0.39 is 0 Å². The van der Waals surface area contributed by atoms with Crippen molar-refractivity contribution in [3.63, 3.8) is 0 Å². The quantitative estimate of drug-likeness (QED) is 0.461. The summed E-state index contributed by atoms with van der Waals surface area (Å²) in [4.78, 5) is 1.58. The molecule has 0 N–H and O–H groups in total. The molecule has 4 rings (SSSR count). The van der Waals surface area contributed by atoms with Gasteiger partial charge in [-0.25, -0.2) is 4.68 Å². The fraction of sp³-hybridized carbons (Fsp3) is 0.0588. The molecule has 0 spiro atoms. The molecule has 8 heteroatoms. The van der Waals surface area contributed by atoms with Gasteiger partial charge in [0.2, 0.25) is 5.82 Å². The largest absolute Gasteiger partial charge is 0.240 e. The van der Waals surface area contributed by atoms with Gasteiger partial charge in [-0.15, -0.1) is 10.2 Å². The van der Waals surface area contributed by atoms with Crippen molar-refractivity contribution in [1.29, 1.82) is 0 Å². The fourth-order valence-corrected chi connectivity index (χ4v) is 3.03. The normalized spacial score (nSPS) is 11.0. The van der Waals surface area contributed by atoms with Gasteiger partial charge in [-0.3, -0.25) is 0 Å². The summed E-state index contributed by atoms with van der Waals surface area (Å²) in [6, 6.07) is 16.0. The summed E-state index contributed by atoms with van der Waals surface area (Å²) in [7, 11) is 0. The molecule has 0 aliphatic heterocycles. The van der Waals surface area contributed by atoms with Crippen LogP contribution in [0, 0.1) is 0 Å². The smallest absolute Gasteiger partial charge is 0.208 e. The molecule has 0 amide bonds. The summed E-state index contributed by atoms with van der Waals surface area (Å²) in [6.07, 6.45) is 3.63. The second-order valence-corrected chi connectivity index (χ2v) is 7.25. The number of hydrogen-bond donors (Lipinski definition) is 0. The maximum absolute atomic E-state index is 4.44. The van der Waals surface area contributed by atoms with Gasteiger partial charge in [0.15, 0.2) is 0 Å². The Kier molecular flexibility index (Phi) is 4.46. The van der Waals surface area contributed by atoms with E-state index in [0.717, 1.165) is 25.8 Å². The Hall–Kier alpha value is -2.32. The second-order valence-electron chi connectivity index (χ2n) is 5.42. The Balaban J connectivity index is 1.55. The molecule has 2 aromatic carbocycles. The van der Waals surface area contributed by atoms with Crippen LogP contribution in [0.25, 0.3) is 17.1 Å². The topological polar surface area (TPSA) is 61.4 Å². The van der Waals surface area contributed by atoms with E-state index in [0.29, 0.717) is 12.4 Å². The molecular formula is C17H12Br2N6. The number of nitrogens with zero attached hydrogens (tertiary/aromatic N) is 6. The van der Waals surface area contributed by atoms with Gasteiger partial charge < -0.3 is 0 Å². The van der Waals surface area contributed by atoms with Crippen LogP contribution in [-0.4, -0.2) is 30.0 Å². The summed E-state index contributed by atoms with van der Waals surface area (Å²) in [6.45, 7) is 0.569. The number of aromatic nitrogens is 6. The lowest BCUT2D eigenvalue weighted by Crippen LogP contribution is -2.03. The fourth-order valence-electron chi connectivity index (χ4n) is 2.38. The molecular weight excluding hydrogens is 448 g/mol. The highest BCUT2D eigenvalue weighted by atomic mass is 79.9. The zero-order valence-electron chi connectivity index (χ0n) is 12.9. The molecule has 0 bridgehead atoms. The third-order valence-corrected chi connectivity index (χ3v) is 4.63. The van der Waals surface area contributed by atoms with Crippen molar-refractivity contribution in [3.05, 3.63) is 75.4 Å². The SMILES string of the molecule is Brc1ccc(Cn2nnc(-c3cnn(-c4cccc(Br)c4)c3)n2)cc1. The molecule has 25 heavy (non-hydrogen) atoms. The zero-order chi connectivity index (χ0) is 17.2. The van der Waals surface area contributed by atoms with Crippen molar-refractivity contribution in [2.75, 3.05) is 0 Å². The maximum atomic E-state index is 4.44. The van der Waals surface area contributed by atoms with E-state index in [4.69, 9.17) is 0 Å². The molecule has 6 nitrogen and oxygen atoms in total. The Morgan fingerprint density at radius 2 is 1.80 bits per heavy atom. The molecule has 0 saturated carbocycles. The average Bonchev–Trinajstić information content (AvgIpc) is 3.26. The monoisotopic (exact) mass is 458 g/mol. The first-order valence-electron chi connectivity index (χ1n) is 7.51. The van der Waals surface area contributed by atoms with Gasteiger partial charge in [0.1, 0.15) is 0 Å². The van der Waals surface area contributed by atoms with Crippen molar-refractivity contribution < 1.29 is 0 Å². The number of rotatable bonds is 4. The van der Waals surface area contributed by atoms with Crippen LogP contribution in [0.4, 0.5) is 0 Å². The zero-order valence-corrected chi connectivity index (χ0v) is 16.1. The van der Waals surface area contributed by atoms with Gasteiger partial charge in [0.25, 0.3) is 0 Å². The van der Waals surface area contributed by atoms with Crippen molar-refractivity contribution in [1.82, 2.24) is 30.0 Å². The van der Waals surface area contributed by atoms with Crippen LogP contribution in [0.15, 0.2) is 69.9 Å². The van der Waals surface area contributed by atoms with Gasteiger partial charge in [0.05, 0.1) is 24.0 Å². The Bertz CT molecular complexity index is 1010. The van der Waals surface area contributed by atoms with E-state index in [2.05, 4.69) is 52.4 Å². The molecule has 0 unspecified atom stereocenters. The minimum absolute atomic E-state index is 0.554. The standard InChI is InChI=1S/C17H12Br2N6/c18-14-6-4-12(5-7-14)10-25-22-17(21-23-25)13-9-20-24(11-13)16-3-1-2-15(19)8-16/h1-9,11H,10H2. The lowest BCUT2D eigenvalue weighted by atomic mass is 10.2.